The maximum atomic E-state index is 13.4. The molecular weight excluding hydrogens is 422 g/mol. The number of amides is 1. The van der Waals surface area contributed by atoms with E-state index >= 15 is 0 Å². The van der Waals surface area contributed by atoms with Crippen LogP contribution in [0.5, 0.6) is 0 Å². The van der Waals surface area contributed by atoms with Gasteiger partial charge < -0.3 is 15.8 Å². The summed E-state index contributed by atoms with van der Waals surface area (Å²) in [6.07, 6.45) is 2.76. The van der Waals surface area contributed by atoms with E-state index in [-0.39, 0.29) is 42.1 Å². The summed E-state index contributed by atoms with van der Waals surface area (Å²) in [5, 5.41) is 2.51. The highest BCUT2D eigenvalue weighted by atomic mass is 32.2. The summed E-state index contributed by atoms with van der Waals surface area (Å²) in [6, 6.07) is 7.03. The van der Waals surface area contributed by atoms with Gasteiger partial charge in [0.1, 0.15) is 0 Å². The number of nitrogens with two attached hydrogens (primary N) is 1. The van der Waals surface area contributed by atoms with Gasteiger partial charge in [-0.15, -0.1) is 0 Å². The summed E-state index contributed by atoms with van der Waals surface area (Å²) >= 11 is 0. The van der Waals surface area contributed by atoms with E-state index in [2.05, 4.69) is 5.32 Å². The van der Waals surface area contributed by atoms with Crippen LogP contribution in [0.25, 0.3) is 0 Å². The SMILES string of the molecule is COC(=O)[C@H](CNC(=O)CN)CC(=O)C1C2CCC(CC2)N1S(=O)(=O)c1ccccc1. The second-order valence-electron chi connectivity index (χ2n) is 8.06. The zero-order valence-corrected chi connectivity index (χ0v) is 18.3. The molecule has 1 unspecified atom stereocenters. The Morgan fingerprint density at radius 3 is 2.39 bits per heavy atom. The van der Waals surface area contributed by atoms with Gasteiger partial charge in [0.2, 0.25) is 15.9 Å². The molecule has 2 atom stereocenters. The van der Waals surface area contributed by atoms with Crippen molar-refractivity contribution >= 4 is 27.7 Å². The van der Waals surface area contributed by atoms with Crippen LogP contribution >= 0.6 is 0 Å². The molecule has 4 rings (SSSR count). The number of sulfonamides is 1. The number of piperidine rings is 2. The first kappa shape index (κ1) is 23.4. The molecule has 2 heterocycles. The third-order valence-corrected chi connectivity index (χ3v) is 8.13. The number of hydrogen-bond donors (Lipinski definition) is 2. The van der Waals surface area contributed by atoms with E-state index < -0.39 is 33.9 Å². The number of rotatable bonds is 9. The minimum Gasteiger partial charge on any atom is -0.469 e. The van der Waals surface area contributed by atoms with Crippen LogP contribution in [0, 0.1) is 11.8 Å². The van der Waals surface area contributed by atoms with Gasteiger partial charge in [-0.05, 0) is 43.7 Å². The van der Waals surface area contributed by atoms with Gasteiger partial charge in [0.05, 0.1) is 30.5 Å². The molecule has 31 heavy (non-hydrogen) atoms. The lowest BCUT2D eigenvalue weighted by molar-refractivity contribution is -0.148. The number of benzene rings is 1. The highest BCUT2D eigenvalue weighted by Gasteiger charge is 2.51. The van der Waals surface area contributed by atoms with Gasteiger partial charge in [-0.2, -0.15) is 4.31 Å². The molecule has 1 aromatic rings. The van der Waals surface area contributed by atoms with Crippen molar-refractivity contribution in [1.29, 1.82) is 0 Å². The quantitative estimate of drug-likeness (QED) is 0.520. The van der Waals surface area contributed by atoms with Gasteiger partial charge in [0.15, 0.2) is 5.78 Å². The summed E-state index contributed by atoms with van der Waals surface area (Å²) in [6.45, 7) is -0.335. The van der Waals surface area contributed by atoms with Crippen molar-refractivity contribution in [3.63, 3.8) is 0 Å². The fourth-order valence-electron chi connectivity index (χ4n) is 4.65. The summed E-state index contributed by atoms with van der Waals surface area (Å²) in [5.74, 6) is -2.41. The first-order chi connectivity index (χ1) is 14.8. The molecule has 3 fully saturated rings. The van der Waals surface area contributed by atoms with Crippen molar-refractivity contribution in [2.45, 2.75) is 49.1 Å². The molecule has 1 aromatic carbocycles. The van der Waals surface area contributed by atoms with E-state index in [9.17, 15) is 22.8 Å². The molecule has 1 aliphatic carbocycles. The number of nitrogens with one attached hydrogen (secondary N) is 1. The third-order valence-electron chi connectivity index (χ3n) is 6.18. The fourth-order valence-corrected chi connectivity index (χ4v) is 6.59. The van der Waals surface area contributed by atoms with Crippen molar-refractivity contribution in [3.8, 4) is 0 Å². The maximum absolute atomic E-state index is 13.4. The summed E-state index contributed by atoms with van der Waals surface area (Å²) in [7, 11) is -2.66. The summed E-state index contributed by atoms with van der Waals surface area (Å²) in [5.41, 5.74) is 5.28. The average molecular weight is 452 g/mol. The molecule has 0 radical (unpaired) electrons. The first-order valence-electron chi connectivity index (χ1n) is 10.5. The van der Waals surface area contributed by atoms with Crippen LogP contribution in [0.4, 0.5) is 0 Å². The Kier molecular flexibility index (Phi) is 7.45. The van der Waals surface area contributed by atoms with Crippen molar-refractivity contribution in [1.82, 2.24) is 9.62 Å². The summed E-state index contributed by atoms with van der Waals surface area (Å²) in [4.78, 5) is 37.2. The predicted octanol–water partition coefficient (Wildman–Crippen LogP) is 0.442. The van der Waals surface area contributed by atoms with E-state index in [1.165, 1.54) is 23.5 Å². The van der Waals surface area contributed by atoms with Gasteiger partial charge in [-0.25, -0.2) is 8.42 Å². The lowest BCUT2D eigenvalue weighted by atomic mass is 9.74. The second kappa shape index (κ2) is 9.88. The molecular formula is C21H29N3O6S. The van der Waals surface area contributed by atoms with Crippen LogP contribution in [0.1, 0.15) is 32.1 Å². The first-order valence-corrected chi connectivity index (χ1v) is 11.9. The van der Waals surface area contributed by atoms with Crippen LogP contribution in [0.15, 0.2) is 35.2 Å². The zero-order valence-electron chi connectivity index (χ0n) is 17.5. The Labute approximate surface area is 182 Å². The number of Topliss-reactive ketones (excluding diaryl/α,β-unsaturated/α-hetero) is 1. The van der Waals surface area contributed by atoms with Crippen LogP contribution in [-0.4, -0.2) is 62.7 Å². The van der Waals surface area contributed by atoms with Crippen molar-refractivity contribution in [3.05, 3.63) is 30.3 Å². The smallest absolute Gasteiger partial charge is 0.310 e. The highest BCUT2D eigenvalue weighted by Crippen LogP contribution is 2.43. The zero-order chi connectivity index (χ0) is 22.6. The van der Waals surface area contributed by atoms with Crippen molar-refractivity contribution in [2.75, 3.05) is 20.2 Å². The number of ketones is 1. The number of carbonyl (C=O) groups is 3. The van der Waals surface area contributed by atoms with Gasteiger partial charge >= 0.3 is 5.97 Å². The standard InChI is InChI=1S/C21H29N3O6S/c1-30-21(27)15(13-23-19(26)12-22)11-18(25)20-14-7-9-16(10-8-14)24(20)31(28,29)17-5-3-2-4-6-17/h2-6,14-16,20H,7-13,22H2,1H3,(H,23,26)/t14?,15-,16?,20?/m0/s1. The number of ether oxygens (including phenoxy) is 1. The Hall–Kier alpha value is -2.30. The number of carbonyl (C=O) groups excluding carboxylic acids is 3. The Bertz CT molecular complexity index is 912. The predicted molar refractivity (Wildman–Crippen MR) is 112 cm³/mol. The van der Waals surface area contributed by atoms with Crippen LogP contribution < -0.4 is 11.1 Å². The molecule has 2 bridgehead atoms. The molecule has 3 aliphatic rings. The van der Waals surface area contributed by atoms with E-state index in [4.69, 9.17) is 10.5 Å². The van der Waals surface area contributed by atoms with Crippen LogP contribution in [0.2, 0.25) is 0 Å². The molecule has 1 saturated carbocycles. The number of hydrogen-bond acceptors (Lipinski definition) is 7. The van der Waals surface area contributed by atoms with Crippen LogP contribution in [-0.2, 0) is 29.1 Å². The molecule has 0 spiro atoms. The highest BCUT2D eigenvalue weighted by molar-refractivity contribution is 7.89. The molecule has 2 saturated heterocycles. The topological polar surface area (TPSA) is 136 Å². The maximum Gasteiger partial charge on any atom is 0.310 e. The van der Waals surface area contributed by atoms with E-state index in [0.717, 1.165) is 12.8 Å². The third kappa shape index (κ3) is 4.97. The van der Waals surface area contributed by atoms with E-state index in [0.29, 0.717) is 12.8 Å². The minimum absolute atomic E-state index is 0.0899. The monoisotopic (exact) mass is 451 g/mol. The Morgan fingerprint density at radius 1 is 1.16 bits per heavy atom. The van der Waals surface area contributed by atoms with Gasteiger partial charge in [-0.3, -0.25) is 14.4 Å². The summed E-state index contributed by atoms with van der Waals surface area (Å²) < 4.78 is 33.0. The molecule has 2 aliphatic heterocycles. The average Bonchev–Trinajstić information content (AvgIpc) is 2.81. The van der Waals surface area contributed by atoms with Gasteiger partial charge in [0, 0.05) is 19.0 Å². The van der Waals surface area contributed by atoms with E-state index in [1.807, 2.05) is 0 Å². The fraction of sp³-hybridized carbons (Fsp3) is 0.571. The minimum atomic E-state index is -3.87. The number of esters is 1. The number of methoxy groups -OCH3 is 1. The lowest BCUT2D eigenvalue weighted by Crippen LogP contribution is -2.60. The molecule has 1 amide bonds. The van der Waals surface area contributed by atoms with Gasteiger partial charge in [-0.1, -0.05) is 18.2 Å². The van der Waals surface area contributed by atoms with E-state index in [1.54, 1.807) is 18.2 Å². The normalized spacial score (nSPS) is 24.4. The lowest BCUT2D eigenvalue weighted by Gasteiger charge is -2.49. The van der Waals surface area contributed by atoms with Crippen LogP contribution in [0.3, 0.4) is 0 Å². The second-order valence-corrected chi connectivity index (χ2v) is 9.90. The molecule has 9 nitrogen and oxygen atoms in total. The Balaban J connectivity index is 1.86. The number of nitrogens with zero attached hydrogens (tertiary/aromatic N) is 1. The van der Waals surface area contributed by atoms with Crippen molar-refractivity contribution < 1.29 is 27.5 Å². The number of fused-ring (bicyclic) bond motifs is 3. The Morgan fingerprint density at radius 2 is 1.81 bits per heavy atom. The molecule has 170 valence electrons. The van der Waals surface area contributed by atoms with Gasteiger partial charge in [0.25, 0.3) is 0 Å². The van der Waals surface area contributed by atoms with Crippen molar-refractivity contribution in [2.24, 2.45) is 17.6 Å². The molecule has 3 N–H and O–H groups in total. The molecule has 10 heteroatoms. The molecule has 0 aromatic heterocycles. The largest absolute Gasteiger partial charge is 0.469 e.